The third-order valence-corrected chi connectivity index (χ3v) is 2.40. The second kappa shape index (κ2) is 6.55. The van der Waals surface area contributed by atoms with Crippen molar-refractivity contribution in [1.29, 1.82) is 0 Å². The number of hydrogen-bond acceptors (Lipinski definition) is 6. The van der Waals surface area contributed by atoms with Gasteiger partial charge in [-0.3, -0.25) is 4.79 Å². The minimum Gasteiger partial charge on any atom is -0.467 e. The number of methoxy groups -OCH3 is 1. The van der Waals surface area contributed by atoms with Crippen LogP contribution >= 0.6 is 0 Å². The molecule has 21 heavy (non-hydrogen) atoms. The Morgan fingerprint density at radius 3 is 2.38 bits per heavy atom. The number of alkyl halides is 3. The molecule has 0 aliphatic carbocycles. The number of aliphatic hydroxyl groups is 2. The summed E-state index contributed by atoms with van der Waals surface area (Å²) >= 11 is 0. The first kappa shape index (κ1) is 16.9. The molecule has 0 aliphatic rings. The molecule has 0 fully saturated rings. The highest BCUT2D eigenvalue weighted by Crippen LogP contribution is 2.28. The fraction of sp³-hybridized carbons (Fsp3) is 0.333. The van der Waals surface area contributed by atoms with Crippen LogP contribution in [0.3, 0.4) is 0 Å². The summed E-state index contributed by atoms with van der Waals surface area (Å²) in [5, 5.41) is 19.2. The van der Waals surface area contributed by atoms with Gasteiger partial charge in [-0.15, -0.1) is 13.2 Å². The smallest absolute Gasteiger partial charge is 0.467 e. The molecular weight excluding hydrogens is 297 g/mol. The maximum absolute atomic E-state index is 12.2. The fourth-order valence-corrected chi connectivity index (χ4v) is 1.51. The lowest BCUT2D eigenvalue weighted by atomic mass is 10.0. The molecule has 0 radical (unpaired) electrons. The molecule has 0 saturated heterocycles. The number of aldehydes is 1. The average molecular weight is 308 g/mol. The molecule has 2 N–H and O–H groups in total. The van der Waals surface area contributed by atoms with Crippen LogP contribution in [-0.2, 0) is 9.53 Å². The van der Waals surface area contributed by atoms with E-state index in [1.165, 1.54) is 0 Å². The second-order valence-electron chi connectivity index (χ2n) is 3.91. The lowest BCUT2D eigenvalue weighted by molar-refractivity contribution is -0.274. The van der Waals surface area contributed by atoms with Crippen LogP contribution in [0.1, 0.15) is 22.0 Å². The van der Waals surface area contributed by atoms with Crippen molar-refractivity contribution >= 4 is 12.3 Å². The number of carbonyl (C=O) groups is 2. The molecule has 0 heterocycles. The van der Waals surface area contributed by atoms with E-state index >= 15 is 0 Å². The van der Waals surface area contributed by atoms with Crippen LogP contribution < -0.4 is 4.74 Å². The van der Waals surface area contributed by atoms with Crippen molar-refractivity contribution in [3.8, 4) is 5.75 Å². The summed E-state index contributed by atoms with van der Waals surface area (Å²) in [7, 11) is 0.957. The van der Waals surface area contributed by atoms with Crippen LogP contribution in [0, 0.1) is 0 Å². The first-order valence-electron chi connectivity index (χ1n) is 5.48. The van der Waals surface area contributed by atoms with E-state index in [0.29, 0.717) is 0 Å². The van der Waals surface area contributed by atoms with E-state index < -0.39 is 30.3 Å². The van der Waals surface area contributed by atoms with Crippen molar-refractivity contribution in [2.24, 2.45) is 0 Å². The quantitative estimate of drug-likeness (QED) is 0.622. The fourth-order valence-electron chi connectivity index (χ4n) is 1.51. The van der Waals surface area contributed by atoms with Gasteiger partial charge in [0.25, 0.3) is 0 Å². The number of benzene rings is 1. The molecule has 116 valence electrons. The third kappa shape index (κ3) is 4.72. The SMILES string of the molecule is COC(=O)C(O)C(O)c1cc(C=O)cc(OC(F)(F)F)c1. The monoisotopic (exact) mass is 308 g/mol. The summed E-state index contributed by atoms with van der Waals surface area (Å²) in [4.78, 5) is 21.8. The minimum absolute atomic E-state index is 0.226. The van der Waals surface area contributed by atoms with Gasteiger partial charge < -0.3 is 19.7 Å². The van der Waals surface area contributed by atoms with Crippen LogP contribution in [0.5, 0.6) is 5.75 Å². The van der Waals surface area contributed by atoms with Crippen molar-refractivity contribution in [2.75, 3.05) is 7.11 Å². The predicted octanol–water partition coefficient (Wildman–Crippen LogP) is 0.965. The molecule has 0 amide bonds. The van der Waals surface area contributed by atoms with Crippen molar-refractivity contribution in [1.82, 2.24) is 0 Å². The number of carbonyl (C=O) groups excluding carboxylic acids is 2. The van der Waals surface area contributed by atoms with Crippen LogP contribution in [0.25, 0.3) is 0 Å². The van der Waals surface area contributed by atoms with Gasteiger partial charge in [-0.25, -0.2) is 4.79 Å². The summed E-state index contributed by atoms with van der Waals surface area (Å²) in [6.07, 6.45) is -8.67. The van der Waals surface area contributed by atoms with Crippen molar-refractivity contribution in [3.05, 3.63) is 29.3 Å². The van der Waals surface area contributed by atoms with Gasteiger partial charge in [0, 0.05) is 5.56 Å². The maximum atomic E-state index is 12.2. The average Bonchev–Trinajstić information content (AvgIpc) is 2.42. The number of hydrogen-bond donors (Lipinski definition) is 2. The molecule has 9 heteroatoms. The zero-order valence-electron chi connectivity index (χ0n) is 10.6. The molecule has 2 unspecified atom stereocenters. The summed E-state index contributed by atoms with van der Waals surface area (Å²) in [6.45, 7) is 0. The number of rotatable bonds is 5. The lowest BCUT2D eigenvalue weighted by Crippen LogP contribution is -2.29. The molecule has 0 aromatic heterocycles. The second-order valence-corrected chi connectivity index (χ2v) is 3.91. The van der Waals surface area contributed by atoms with Gasteiger partial charge in [-0.05, 0) is 23.8 Å². The van der Waals surface area contributed by atoms with E-state index in [1.54, 1.807) is 0 Å². The van der Waals surface area contributed by atoms with Gasteiger partial charge in [-0.2, -0.15) is 0 Å². The van der Waals surface area contributed by atoms with Crippen LogP contribution in [-0.4, -0.2) is 42.0 Å². The Balaban J connectivity index is 3.14. The number of esters is 1. The Labute approximate surface area is 116 Å². The molecule has 2 atom stereocenters. The van der Waals surface area contributed by atoms with E-state index in [2.05, 4.69) is 9.47 Å². The molecule has 0 spiro atoms. The third-order valence-electron chi connectivity index (χ3n) is 2.40. The van der Waals surface area contributed by atoms with Gasteiger partial charge in [0.15, 0.2) is 6.10 Å². The number of aliphatic hydroxyl groups excluding tert-OH is 2. The summed E-state index contributed by atoms with van der Waals surface area (Å²) in [5.74, 6) is -1.95. The van der Waals surface area contributed by atoms with Gasteiger partial charge in [0.1, 0.15) is 18.1 Å². The Hall–Kier alpha value is -2.13. The van der Waals surface area contributed by atoms with Gasteiger partial charge in [0.05, 0.1) is 7.11 Å². The van der Waals surface area contributed by atoms with Crippen LogP contribution in [0.2, 0.25) is 0 Å². The highest BCUT2D eigenvalue weighted by Gasteiger charge is 2.32. The lowest BCUT2D eigenvalue weighted by Gasteiger charge is -2.18. The zero-order chi connectivity index (χ0) is 16.2. The van der Waals surface area contributed by atoms with Crippen molar-refractivity contribution in [3.63, 3.8) is 0 Å². The Morgan fingerprint density at radius 2 is 1.90 bits per heavy atom. The minimum atomic E-state index is -5.00. The Bertz CT molecular complexity index is 528. The van der Waals surface area contributed by atoms with E-state index in [9.17, 15) is 33.0 Å². The number of halogens is 3. The molecular formula is C12H11F3O6. The van der Waals surface area contributed by atoms with Gasteiger partial charge in [0.2, 0.25) is 0 Å². The molecule has 0 bridgehead atoms. The molecule has 1 aromatic carbocycles. The summed E-state index contributed by atoms with van der Waals surface area (Å²) < 4.78 is 44.3. The molecule has 0 aliphatic heterocycles. The highest BCUT2D eigenvalue weighted by atomic mass is 19.4. The van der Waals surface area contributed by atoms with Crippen LogP contribution in [0.4, 0.5) is 13.2 Å². The van der Waals surface area contributed by atoms with E-state index in [0.717, 1.165) is 25.3 Å². The van der Waals surface area contributed by atoms with E-state index in [-0.39, 0.29) is 17.4 Å². The predicted molar refractivity (Wildman–Crippen MR) is 61.5 cm³/mol. The largest absolute Gasteiger partial charge is 0.573 e. The van der Waals surface area contributed by atoms with E-state index in [4.69, 9.17) is 0 Å². The van der Waals surface area contributed by atoms with Gasteiger partial charge in [-0.1, -0.05) is 0 Å². The first-order chi connectivity index (χ1) is 9.67. The molecule has 6 nitrogen and oxygen atoms in total. The molecule has 1 aromatic rings. The topological polar surface area (TPSA) is 93.1 Å². The normalized spacial score (nSPS) is 14.2. The standard InChI is InChI=1S/C12H11F3O6/c1-20-11(19)10(18)9(17)7-2-6(5-16)3-8(4-7)21-12(13,14)15/h2-5,9-10,17-18H,1H3. The van der Waals surface area contributed by atoms with Crippen molar-refractivity contribution < 1.29 is 42.4 Å². The highest BCUT2D eigenvalue weighted by molar-refractivity contribution is 5.77. The van der Waals surface area contributed by atoms with Gasteiger partial charge >= 0.3 is 12.3 Å². The van der Waals surface area contributed by atoms with Crippen molar-refractivity contribution in [2.45, 2.75) is 18.6 Å². The Morgan fingerprint density at radius 1 is 1.29 bits per heavy atom. The molecule has 0 saturated carbocycles. The number of ether oxygens (including phenoxy) is 2. The van der Waals surface area contributed by atoms with Crippen LogP contribution in [0.15, 0.2) is 18.2 Å². The first-order valence-corrected chi connectivity index (χ1v) is 5.48. The van der Waals surface area contributed by atoms with E-state index in [1.807, 2.05) is 0 Å². The summed E-state index contributed by atoms with van der Waals surface area (Å²) in [5.41, 5.74) is -0.542. The summed E-state index contributed by atoms with van der Waals surface area (Å²) in [6, 6.07) is 2.55. The molecule has 1 rings (SSSR count). The Kier molecular flexibility index (Phi) is 5.28. The maximum Gasteiger partial charge on any atom is 0.573 e. The zero-order valence-corrected chi connectivity index (χ0v) is 10.6.